The molecule has 0 aromatic heterocycles. The Labute approximate surface area is 383 Å². The summed E-state index contributed by atoms with van der Waals surface area (Å²) in [6.07, 6.45) is 36.5. The third-order valence-corrected chi connectivity index (χ3v) is 12.5. The first-order valence-electron chi connectivity index (χ1n) is 25.4. The second kappa shape index (κ2) is 40.4. The predicted molar refractivity (Wildman–Crippen MR) is 252 cm³/mol. The van der Waals surface area contributed by atoms with Crippen molar-refractivity contribution >= 4 is 22.1 Å². The van der Waals surface area contributed by atoms with Crippen LogP contribution in [0.25, 0.3) is 0 Å². The highest BCUT2D eigenvalue weighted by molar-refractivity contribution is 7.85. The molecule has 0 spiro atoms. The zero-order chi connectivity index (χ0) is 46.2. The van der Waals surface area contributed by atoms with E-state index >= 15 is 0 Å². The van der Waals surface area contributed by atoms with Gasteiger partial charge in [-0.15, -0.1) is 0 Å². The van der Waals surface area contributed by atoms with Crippen molar-refractivity contribution < 1.29 is 56.8 Å². The SMILES string of the molecule is CCCCCCC/C=C/CCCCCCCC(=O)OC[C@H](CO[C@H]1O[C@H](CS(=O)(=O)O)[C@@H](O)C(O)C1O)OC(=O)CCCCCCCCCCCCC/C=C/CCCCCCCC. The number of aliphatic hydroxyl groups excluding tert-OH is 3. The van der Waals surface area contributed by atoms with E-state index in [4.69, 9.17) is 18.9 Å². The van der Waals surface area contributed by atoms with E-state index in [0.29, 0.717) is 12.8 Å². The fourth-order valence-corrected chi connectivity index (χ4v) is 8.48. The minimum atomic E-state index is -4.60. The summed E-state index contributed by atoms with van der Waals surface area (Å²) in [5.74, 6) is -1.98. The second-order valence-corrected chi connectivity index (χ2v) is 19.3. The van der Waals surface area contributed by atoms with Crippen LogP contribution in [-0.2, 0) is 38.7 Å². The summed E-state index contributed by atoms with van der Waals surface area (Å²) in [7, 11) is -4.60. The first kappa shape index (κ1) is 59.1. The molecule has 6 atom stereocenters. The van der Waals surface area contributed by atoms with Crippen molar-refractivity contribution in [3.63, 3.8) is 0 Å². The van der Waals surface area contributed by atoms with Gasteiger partial charge in [0.1, 0.15) is 36.8 Å². The molecule has 1 heterocycles. The summed E-state index contributed by atoms with van der Waals surface area (Å²) >= 11 is 0. The van der Waals surface area contributed by atoms with E-state index < -0.39 is 71.2 Å². The van der Waals surface area contributed by atoms with Crippen LogP contribution in [0.3, 0.4) is 0 Å². The lowest BCUT2D eigenvalue weighted by Crippen LogP contribution is -2.60. The lowest BCUT2D eigenvalue weighted by atomic mass is 10.00. The van der Waals surface area contributed by atoms with Gasteiger partial charge in [0.15, 0.2) is 12.4 Å². The van der Waals surface area contributed by atoms with Crippen molar-refractivity contribution in [2.45, 2.75) is 263 Å². The first-order valence-corrected chi connectivity index (χ1v) is 27.0. The van der Waals surface area contributed by atoms with Gasteiger partial charge in [-0.1, -0.05) is 173 Å². The lowest BCUT2D eigenvalue weighted by Gasteiger charge is -2.40. The van der Waals surface area contributed by atoms with Crippen LogP contribution in [0, 0.1) is 0 Å². The molecule has 1 rings (SSSR count). The Kier molecular flexibility index (Phi) is 37.9. The Morgan fingerprint density at radius 3 is 1.32 bits per heavy atom. The van der Waals surface area contributed by atoms with Crippen LogP contribution < -0.4 is 0 Å². The number of hydrogen-bond acceptors (Lipinski definition) is 11. The fraction of sp³-hybridized carbons (Fsp3) is 0.880. The van der Waals surface area contributed by atoms with Gasteiger partial charge < -0.3 is 34.3 Å². The Hall–Kier alpha value is -1.87. The van der Waals surface area contributed by atoms with Crippen molar-refractivity contribution in [1.29, 1.82) is 0 Å². The molecule has 0 radical (unpaired) electrons. The Morgan fingerprint density at radius 1 is 0.524 bits per heavy atom. The van der Waals surface area contributed by atoms with Gasteiger partial charge in [-0.3, -0.25) is 14.1 Å². The van der Waals surface area contributed by atoms with Crippen LogP contribution in [0.2, 0.25) is 0 Å². The molecule has 0 bridgehead atoms. The van der Waals surface area contributed by atoms with Gasteiger partial charge in [0.25, 0.3) is 10.1 Å². The molecule has 4 N–H and O–H groups in total. The van der Waals surface area contributed by atoms with E-state index in [1.807, 2.05) is 0 Å². The van der Waals surface area contributed by atoms with E-state index in [-0.39, 0.29) is 19.4 Å². The summed E-state index contributed by atoms with van der Waals surface area (Å²) < 4.78 is 54.2. The molecular formula is C50H92O12S. The maximum atomic E-state index is 12.9. The van der Waals surface area contributed by atoms with E-state index in [1.165, 1.54) is 128 Å². The summed E-state index contributed by atoms with van der Waals surface area (Å²) in [4.78, 5) is 25.5. The maximum absolute atomic E-state index is 12.9. The van der Waals surface area contributed by atoms with Crippen LogP contribution in [0.15, 0.2) is 24.3 Å². The Balaban J connectivity index is 2.37. The van der Waals surface area contributed by atoms with Gasteiger partial charge in [0.2, 0.25) is 0 Å². The summed E-state index contributed by atoms with van der Waals surface area (Å²) in [6.45, 7) is 3.76. The average Bonchev–Trinajstić information content (AvgIpc) is 3.25. The number of ether oxygens (including phenoxy) is 4. The zero-order valence-corrected chi connectivity index (χ0v) is 40.5. The minimum Gasteiger partial charge on any atom is -0.462 e. The van der Waals surface area contributed by atoms with Gasteiger partial charge in [0.05, 0.1) is 6.61 Å². The monoisotopic (exact) mass is 917 g/mol. The molecule has 2 unspecified atom stereocenters. The molecule has 1 aliphatic heterocycles. The number of aliphatic hydroxyl groups is 3. The van der Waals surface area contributed by atoms with E-state index in [2.05, 4.69) is 38.2 Å². The summed E-state index contributed by atoms with van der Waals surface area (Å²) in [6, 6.07) is 0. The molecule has 12 nitrogen and oxygen atoms in total. The summed E-state index contributed by atoms with van der Waals surface area (Å²) in [5, 5.41) is 30.9. The van der Waals surface area contributed by atoms with Gasteiger partial charge in [-0.2, -0.15) is 8.42 Å². The number of rotatable bonds is 43. The van der Waals surface area contributed by atoms with Crippen LogP contribution >= 0.6 is 0 Å². The minimum absolute atomic E-state index is 0.164. The largest absolute Gasteiger partial charge is 0.462 e. The highest BCUT2D eigenvalue weighted by atomic mass is 32.2. The molecule has 0 aliphatic carbocycles. The van der Waals surface area contributed by atoms with Crippen LogP contribution in [-0.4, -0.2) is 96.0 Å². The van der Waals surface area contributed by atoms with Crippen molar-refractivity contribution in [3.8, 4) is 0 Å². The number of carbonyl (C=O) groups excluding carboxylic acids is 2. The molecule has 0 aromatic rings. The molecule has 1 fully saturated rings. The zero-order valence-electron chi connectivity index (χ0n) is 39.7. The second-order valence-electron chi connectivity index (χ2n) is 17.8. The van der Waals surface area contributed by atoms with E-state index in [1.54, 1.807) is 0 Å². The molecule has 370 valence electrons. The number of unbranched alkanes of at least 4 members (excludes halogenated alkanes) is 27. The van der Waals surface area contributed by atoms with Crippen molar-refractivity contribution in [2.24, 2.45) is 0 Å². The van der Waals surface area contributed by atoms with Gasteiger partial charge in [0, 0.05) is 12.8 Å². The highest BCUT2D eigenvalue weighted by Gasteiger charge is 2.46. The lowest BCUT2D eigenvalue weighted by molar-refractivity contribution is -0.297. The topological polar surface area (TPSA) is 186 Å². The van der Waals surface area contributed by atoms with Crippen molar-refractivity contribution in [1.82, 2.24) is 0 Å². The third kappa shape index (κ3) is 35.1. The molecule has 1 aliphatic rings. The predicted octanol–water partition coefficient (Wildman–Crippen LogP) is 11.2. The average molecular weight is 917 g/mol. The number of carbonyl (C=O) groups is 2. The maximum Gasteiger partial charge on any atom is 0.306 e. The smallest absolute Gasteiger partial charge is 0.306 e. The summed E-state index contributed by atoms with van der Waals surface area (Å²) in [5.41, 5.74) is 0. The van der Waals surface area contributed by atoms with E-state index in [9.17, 15) is 37.9 Å². The Bertz CT molecular complexity index is 1260. The molecule has 0 amide bonds. The number of hydrogen-bond donors (Lipinski definition) is 4. The molecule has 0 aromatic carbocycles. The standard InChI is InChI=1S/C50H92O12S/c1-3-5-7-9-11-13-15-17-19-20-21-22-23-24-25-27-29-31-33-35-37-39-46(52)61-43(41-60-50-49(55)48(54)47(53)44(62-50)42-63(56,57)58)40-59-45(51)38-36-34-32-30-28-26-18-16-14-12-10-8-6-4-2/h16-19,43-44,47-50,53-55H,3-15,20-42H2,1-2H3,(H,56,57,58)/b18-16+,19-17+/t43-,44-,47-,48?,49?,50+/m1/s1. The normalized spacial score (nSPS) is 19.9. The van der Waals surface area contributed by atoms with Crippen LogP contribution in [0.1, 0.15) is 226 Å². The van der Waals surface area contributed by atoms with Gasteiger partial charge in [-0.05, 0) is 64.2 Å². The highest BCUT2D eigenvalue weighted by Crippen LogP contribution is 2.24. The van der Waals surface area contributed by atoms with Gasteiger partial charge in [-0.25, -0.2) is 0 Å². The Morgan fingerprint density at radius 2 is 0.905 bits per heavy atom. The van der Waals surface area contributed by atoms with Crippen LogP contribution in [0.5, 0.6) is 0 Å². The number of esters is 2. The molecule has 63 heavy (non-hydrogen) atoms. The van der Waals surface area contributed by atoms with E-state index in [0.717, 1.165) is 57.8 Å². The quantitative estimate of drug-likeness (QED) is 0.0197. The van der Waals surface area contributed by atoms with Crippen molar-refractivity contribution in [2.75, 3.05) is 19.0 Å². The molecule has 0 saturated carbocycles. The molecule has 1 saturated heterocycles. The fourth-order valence-electron chi connectivity index (χ4n) is 7.78. The van der Waals surface area contributed by atoms with Crippen LogP contribution in [0.4, 0.5) is 0 Å². The molecular weight excluding hydrogens is 825 g/mol. The van der Waals surface area contributed by atoms with Gasteiger partial charge >= 0.3 is 11.9 Å². The molecule has 13 heteroatoms. The number of allylic oxidation sites excluding steroid dienone is 4. The first-order chi connectivity index (χ1) is 30.5. The third-order valence-electron chi connectivity index (χ3n) is 11.8. The van der Waals surface area contributed by atoms with Crippen molar-refractivity contribution in [3.05, 3.63) is 24.3 Å².